The standard InChI is InChI=1S/C20H25NO4/c1-14-7-6-8-16(11-14)20(22)21(2)10-9-15-12-17(23-3)19(25-5)18(13-15)24-4/h6-8,11-13H,9-10H2,1-5H3. The summed E-state index contributed by atoms with van der Waals surface area (Å²) in [6, 6.07) is 11.4. The quantitative estimate of drug-likeness (QED) is 0.774. The van der Waals surface area contributed by atoms with E-state index >= 15 is 0 Å². The lowest BCUT2D eigenvalue weighted by Crippen LogP contribution is -2.28. The molecule has 0 N–H and O–H groups in total. The van der Waals surface area contributed by atoms with Gasteiger partial charge in [0.1, 0.15) is 0 Å². The molecular weight excluding hydrogens is 318 g/mol. The van der Waals surface area contributed by atoms with Crippen molar-refractivity contribution in [2.24, 2.45) is 0 Å². The molecule has 5 heteroatoms. The highest BCUT2D eigenvalue weighted by Crippen LogP contribution is 2.38. The Labute approximate surface area is 149 Å². The Balaban J connectivity index is 2.11. The first-order valence-corrected chi connectivity index (χ1v) is 8.11. The van der Waals surface area contributed by atoms with E-state index in [1.807, 2.05) is 50.4 Å². The average molecular weight is 343 g/mol. The summed E-state index contributed by atoms with van der Waals surface area (Å²) < 4.78 is 16.1. The normalized spacial score (nSPS) is 10.3. The van der Waals surface area contributed by atoms with Gasteiger partial charge in [0.2, 0.25) is 5.75 Å². The van der Waals surface area contributed by atoms with Crippen molar-refractivity contribution in [2.45, 2.75) is 13.3 Å². The highest BCUT2D eigenvalue weighted by molar-refractivity contribution is 5.94. The lowest BCUT2D eigenvalue weighted by Gasteiger charge is -2.19. The van der Waals surface area contributed by atoms with Crippen molar-refractivity contribution in [3.8, 4) is 17.2 Å². The molecule has 0 radical (unpaired) electrons. The second-order valence-electron chi connectivity index (χ2n) is 5.88. The summed E-state index contributed by atoms with van der Waals surface area (Å²) in [4.78, 5) is 14.2. The average Bonchev–Trinajstić information content (AvgIpc) is 2.64. The third-order valence-electron chi connectivity index (χ3n) is 4.07. The van der Waals surface area contributed by atoms with E-state index in [4.69, 9.17) is 14.2 Å². The number of amides is 1. The van der Waals surface area contributed by atoms with Gasteiger partial charge in [-0.1, -0.05) is 17.7 Å². The summed E-state index contributed by atoms with van der Waals surface area (Å²) in [5, 5.41) is 0. The molecule has 5 nitrogen and oxygen atoms in total. The fraction of sp³-hybridized carbons (Fsp3) is 0.350. The van der Waals surface area contributed by atoms with Crippen LogP contribution in [0, 0.1) is 6.92 Å². The number of rotatable bonds is 7. The Bertz CT molecular complexity index is 717. The van der Waals surface area contributed by atoms with Crippen molar-refractivity contribution >= 4 is 5.91 Å². The summed E-state index contributed by atoms with van der Waals surface area (Å²) in [5.41, 5.74) is 2.79. The fourth-order valence-corrected chi connectivity index (χ4v) is 2.68. The minimum Gasteiger partial charge on any atom is -0.493 e. The largest absolute Gasteiger partial charge is 0.493 e. The van der Waals surface area contributed by atoms with Crippen LogP contribution in [-0.2, 0) is 6.42 Å². The van der Waals surface area contributed by atoms with E-state index < -0.39 is 0 Å². The number of carbonyl (C=O) groups is 1. The van der Waals surface area contributed by atoms with E-state index in [-0.39, 0.29) is 5.91 Å². The van der Waals surface area contributed by atoms with Gasteiger partial charge in [0.25, 0.3) is 5.91 Å². The zero-order valence-electron chi connectivity index (χ0n) is 15.5. The maximum atomic E-state index is 12.5. The van der Waals surface area contributed by atoms with Gasteiger partial charge in [0, 0.05) is 19.2 Å². The number of aryl methyl sites for hydroxylation is 1. The molecule has 0 aliphatic rings. The van der Waals surface area contributed by atoms with Crippen LogP contribution in [0.25, 0.3) is 0 Å². The molecule has 0 aromatic heterocycles. The van der Waals surface area contributed by atoms with Crippen molar-refractivity contribution in [1.29, 1.82) is 0 Å². The molecule has 0 atom stereocenters. The zero-order valence-corrected chi connectivity index (χ0v) is 15.5. The zero-order chi connectivity index (χ0) is 18.4. The minimum atomic E-state index is 0.0103. The lowest BCUT2D eigenvalue weighted by molar-refractivity contribution is 0.0796. The van der Waals surface area contributed by atoms with Crippen molar-refractivity contribution in [3.63, 3.8) is 0 Å². The van der Waals surface area contributed by atoms with Crippen LogP contribution in [0.4, 0.5) is 0 Å². The first-order chi connectivity index (χ1) is 12.0. The predicted octanol–water partition coefficient (Wildman–Crippen LogP) is 3.34. The van der Waals surface area contributed by atoms with E-state index in [1.165, 1.54) is 0 Å². The van der Waals surface area contributed by atoms with Crippen LogP contribution in [0.3, 0.4) is 0 Å². The van der Waals surface area contributed by atoms with Gasteiger partial charge in [-0.25, -0.2) is 0 Å². The van der Waals surface area contributed by atoms with E-state index in [2.05, 4.69) is 0 Å². The van der Waals surface area contributed by atoms with Gasteiger partial charge in [0.15, 0.2) is 11.5 Å². The van der Waals surface area contributed by atoms with E-state index in [0.717, 1.165) is 11.1 Å². The molecule has 0 heterocycles. The topological polar surface area (TPSA) is 48.0 Å². The van der Waals surface area contributed by atoms with Gasteiger partial charge in [-0.2, -0.15) is 0 Å². The molecule has 2 rings (SSSR count). The first kappa shape index (κ1) is 18.6. The van der Waals surface area contributed by atoms with Gasteiger partial charge in [0.05, 0.1) is 21.3 Å². The number of ether oxygens (including phenoxy) is 3. The molecule has 0 spiro atoms. The van der Waals surface area contributed by atoms with Crippen LogP contribution >= 0.6 is 0 Å². The molecule has 0 unspecified atom stereocenters. The molecule has 0 saturated heterocycles. The van der Waals surface area contributed by atoms with Crippen LogP contribution in [-0.4, -0.2) is 45.7 Å². The van der Waals surface area contributed by atoms with Crippen LogP contribution < -0.4 is 14.2 Å². The van der Waals surface area contributed by atoms with Crippen LogP contribution in [0.2, 0.25) is 0 Å². The molecule has 0 saturated carbocycles. The monoisotopic (exact) mass is 343 g/mol. The second kappa shape index (κ2) is 8.42. The Morgan fingerprint density at radius 3 is 2.16 bits per heavy atom. The van der Waals surface area contributed by atoms with E-state index in [9.17, 15) is 4.79 Å². The number of hydrogen-bond donors (Lipinski definition) is 0. The van der Waals surface area contributed by atoms with Crippen LogP contribution in [0.5, 0.6) is 17.2 Å². The molecule has 0 fully saturated rings. The first-order valence-electron chi connectivity index (χ1n) is 8.11. The molecule has 25 heavy (non-hydrogen) atoms. The van der Waals surface area contributed by atoms with Gasteiger partial charge in [-0.05, 0) is 43.2 Å². The molecule has 134 valence electrons. The number of benzene rings is 2. The Morgan fingerprint density at radius 2 is 1.64 bits per heavy atom. The number of nitrogens with zero attached hydrogens (tertiary/aromatic N) is 1. The molecule has 2 aromatic rings. The Morgan fingerprint density at radius 1 is 1.00 bits per heavy atom. The number of carbonyl (C=O) groups excluding carboxylic acids is 1. The molecule has 0 bridgehead atoms. The van der Waals surface area contributed by atoms with E-state index in [1.54, 1.807) is 26.2 Å². The highest BCUT2D eigenvalue weighted by Gasteiger charge is 2.15. The maximum Gasteiger partial charge on any atom is 0.253 e. The summed E-state index contributed by atoms with van der Waals surface area (Å²) in [7, 11) is 6.57. The van der Waals surface area contributed by atoms with Crippen molar-refractivity contribution in [2.75, 3.05) is 34.9 Å². The van der Waals surface area contributed by atoms with Gasteiger partial charge in [-0.15, -0.1) is 0 Å². The van der Waals surface area contributed by atoms with Crippen molar-refractivity contribution < 1.29 is 19.0 Å². The highest BCUT2D eigenvalue weighted by atomic mass is 16.5. The Hall–Kier alpha value is -2.69. The maximum absolute atomic E-state index is 12.5. The minimum absolute atomic E-state index is 0.0103. The van der Waals surface area contributed by atoms with Gasteiger partial charge >= 0.3 is 0 Å². The predicted molar refractivity (Wildman–Crippen MR) is 97.9 cm³/mol. The van der Waals surface area contributed by atoms with Crippen LogP contribution in [0.15, 0.2) is 36.4 Å². The lowest BCUT2D eigenvalue weighted by atomic mass is 10.1. The molecule has 0 aliphatic carbocycles. The molecular formula is C20H25NO4. The van der Waals surface area contributed by atoms with Gasteiger partial charge < -0.3 is 19.1 Å². The number of hydrogen-bond acceptors (Lipinski definition) is 4. The molecule has 1 amide bonds. The van der Waals surface area contributed by atoms with E-state index in [0.29, 0.717) is 35.8 Å². The van der Waals surface area contributed by atoms with Crippen LogP contribution in [0.1, 0.15) is 21.5 Å². The molecule has 0 aliphatic heterocycles. The third-order valence-corrected chi connectivity index (χ3v) is 4.07. The van der Waals surface area contributed by atoms with Crippen molar-refractivity contribution in [3.05, 3.63) is 53.1 Å². The molecule has 2 aromatic carbocycles. The number of methoxy groups -OCH3 is 3. The fourth-order valence-electron chi connectivity index (χ4n) is 2.68. The number of likely N-dealkylation sites (N-methyl/N-ethyl adjacent to an activating group) is 1. The Kier molecular flexibility index (Phi) is 6.28. The summed E-state index contributed by atoms with van der Waals surface area (Å²) in [6.07, 6.45) is 0.685. The summed E-state index contributed by atoms with van der Waals surface area (Å²) in [5.74, 6) is 1.81. The van der Waals surface area contributed by atoms with Crippen molar-refractivity contribution in [1.82, 2.24) is 4.90 Å². The third kappa shape index (κ3) is 4.44. The summed E-state index contributed by atoms with van der Waals surface area (Å²) >= 11 is 0. The second-order valence-corrected chi connectivity index (χ2v) is 5.88. The summed E-state index contributed by atoms with van der Waals surface area (Å²) in [6.45, 7) is 2.57. The smallest absolute Gasteiger partial charge is 0.253 e. The SMILES string of the molecule is COc1cc(CCN(C)C(=O)c2cccc(C)c2)cc(OC)c1OC. The van der Waals surface area contributed by atoms with Gasteiger partial charge in [-0.3, -0.25) is 4.79 Å².